The van der Waals surface area contributed by atoms with E-state index in [0.29, 0.717) is 19.3 Å². The van der Waals surface area contributed by atoms with Crippen molar-refractivity contribution in [1.82, 2.24) is 0 Å². The Hall–Kier alpha value is -3.86. The number of hydrogen-bond donors (Lipinski definition) is 2. The predicted molar refractivity (Wildman–Crippen MR) is 288 cm³/mol. The summed E-state index contributed by atoms with van der Waals surface area (Å²) in [5.41, 5.74) is 0. The summed E-state index contributed by atoms with van der Waals surface area (Å²) < 4.78 is 39.3. The van der Waals surface area contributed by atoms with Gasteiger partial charge in [0, 0.05) is 19.3 Å². The maximum absolute atomic E-state index is 12.9. The second-order valence-electron chi connectivity index (χ2n) is 17.3. The normalized spacial score (nSPS) is 14.3. The number of phosphoric acid groups is 1. The second-order valence-corrected chi connectivity index (χ2v) is 18.7. The molecular weight excluding hydrogens is 904 g/mol. The number of phosphoric ester groups is 1. The molecule has 0 aliphatic heterocycles. The first kappa shape index (κ1) is 66.1. The SMILES string of the molecule is CC/C=C\C/C=C\C/C=C\C/C=C\CCC(=O)OC(CO)COP(=O)(O)OCC(COC(=O)CCCCCCC/C=C\C/C=C\C/C=C\CC)OC(=O)CCCCCCC/C=C\C/C=C\CCCCC. The molecule has 0 saturated heterocycles. The molecule has 0 heterocycles. The zero-order chi connectivity index (χ0) is 51.3. The summed E-state index contributed by atoms with van der Waals surface area (Å²) in [7, 11) is -4.77. The van der Waals surface area contributed by atoms with Gasteiger partial charge in [-0.25, -0.2) is 4.57 Å². The third-order valence-corrected chi connectivity index (χ3v) is 11.6. The van der Waals surface area contributed by atoms with Crippen molar-refractivity contribution < 1.29 is 52.2 Å². The van der Waals surface area contributed by atoms with Crippen LogP contribution in [0.2, 0.25) is 0 Å². The van der Waals surface area contributed by atoms with Crippen LogP contribution in [0.15, 0.2) is 109 Å². The molecule has 0 fully saturated rings. The quantitative estimate of drug-likeness (QED) is 0.0197. The molecule has 0 spiro atoms. The summed E-state index contributed by atoms with van der Waals surface area (Å²) in [5, 5.41) is 9.77. The van der Waals surface area contributed by atoms with E-state index in [2.05, 4.69) is 112 Å². The Kier molecular flexibility index (Phi) is 48.7. The Balaban J connectivity index is 4.87. The van der Waals surface area contributed by atoms with E-state index in [9.17, 15) is 28.9 Å². The summed E-state index contributed by atoms with van der Waals surface area (Å²) in [6.07, 6.45) is 60.7. The Morgan fingerprint density at radius 1 is 0.414 bits per heavy atom. The van der Waals surface area contributed by atoms with Crippen LogP contribution >= 0.6 is 7.82 Å². The number of unbranched alkanes of at least 4 members (excludes halogenated alkanes) is 13. The molecule has 0 saturated carbocycles. The Labute approximate surface area is 425 Å². The monoisotopic (exact) mass is 999 g/mol. The summed E-state index contributed by atoms with van der Waals surface area (Å²) in [4.78, 5) is 48.4. The summed E-state index contributed by atoms with van der Waals surface area (Å²) in [5.74, 6) is -1.60. The number of esters is 3. The maximum atomic E-state index is 12.9. The summed E-state index contributed by atoms with van der Waals surface area (Å²) >= 11 is 0. The molecule has 12 heteroatoms. The van der Waals surface area contributed by atoms with Crippen molar-refractivity contribution in [2.24, 2.45) is 0 Å². The molecule has 11 nitrogen and oxygen atoms in total. The van der Waals surface area contributed by atoms with Crippen LogP contribution in [0.3, 0.4) is 0 Å². The van der Waals surface area contributed by atoms with Crippen LogP contribution in [-0.2, 0) is 42.2 Å². The molecule has 0 amide bonds. The molecule has 398 valence electrons. The lowest BCUT2D eigenvalue weighted by Gasteiger charge is -2.21. The van der Waals surface area contributed by atoms with Gasteiger partial charge in [-0.05, 0) is 109 Å². The highest BCUT2D eigenvalue weighted by molar-refractivity contribution is 7.47. The van der Waals surface area contributed by atoms with Gasteiger partial charge in [0.25, 0.3) is 0 Å². The largest absolute Gasteiger partial charge is 0.472 e. The lowest BCUT2D eigenvalue weighted by molar-refractivity contribution is -0.161. The van der Waals surface area contributed by atoms with Gasteiger partial charge in [0.15, 0.2) is 6.10 Å². The van der Waals surface area contributed by atoms with Crippen molar-refractivity contribution in [2.75, 3.05) is 26.4 Å². The first-order chi connectivity index (χ1) is 34.2. The Bertz CT molecular complexity index is 1590. The van der Waals surface area contributed by atoms with Gasteiger partial charge >= 0.3 is 25.7 Å². The lowest BCUT2D eigenvalue weighted by atomic mass is 10.1. The van der Waals surface area contributed by atoms with Gasteiger partial charge in [-0.1, -0.05) is 182 Å². The molecule has 0 aromatic rings. The molecule has 0 aliphatic rings. The van der Waals surface area contributed by atoms with E-state index in [0.717, 1.165) is 122 Å². The van der Waals surface area contributed by atoms with Crippen LogP contribution in [0.4, 0.5) is 0 Å². The first-order valence-electron chi connectivity index (χ1n) is 26.8. The highest BCUT2D eigenvalue weighted by Gasteiger charge is 2.28. The fourth-order valence-electron chi connectivity index (χ4n) is 6.65. The number of aliphatic hydroxyl groups is 1. The molecule has 3 unspecified atom stereocenters. The third-order valence-electron chi connectivity index (χ3n) is 10.7. The van der Waals surface area contributed by atoms with E-state index >= 15 is 0 Å². The number of ether oxygens (including phenoxy) is 3. The van der Waals surface area contributed by atoms with Crippen molar-refractivity contribution in [3.8, 4) is 0 Å². The van der Waals surface area contributed by atoms with Gasteiger partial charge in [0.2, 0.25) is 0 Å². The number of rotatable bonds is 48. The molecule has 0 bridgehead atoms. The Morgan fingerprint density at radius 3 is 1.23 bits per heavy atom. The topological polar surface area (TPSA) is 155 Å². The van der Waals surface area contributed by atoms with Gasteiger partial charge in [0.05, 0.1) is 19.8 Å². The van der Waals surface area contributed by atoms with E-state index in [1.165, 1.54) is 19.3 Å². The van der Waals surface area contributed by atoms with E-state index in [1.54, 1.807) is 0 Å². The third kappa shape index (κ3) is 49.1. The molecule has 3 atom stereocenters. The van der Waals surface area contributed by atoms with E-state index < -0.39 is 57.8 Å². The summed E-state index contributed by atoms with van der Waals surface area (Å²) in [6.45, 7) is 4.24. The average Bonchev–Trinajstić information content (AvgIpc) is 3.35. The van der Waals surface area contributed by atoms with Crippen LogP contribution in [-0.4, -0.2) is 66.5 Å². The minimum absolute atomic E-state index is 0.0488. The van der Waals surface area contributed by atoms with Gasteiger partial charge in [-0.15, -0.1) is 0 Å². The molecular formula is C58H95O11P. The molecule has 0 aliphatic carbocycles. The van der Waals surface area contributed by atoms with E-state index in [4.69, 9.17) is 23.3 Å². The second kappa shape index (κ2) is 51.5. The number of carbonyl (C=O) groups is 3. The standard InChI is InChI=1S/C58H95O11P/c1-4-7-10-13-16-19-22-25-27-30-32-35-38-41-44-47-56(60)65-51-55(69-58(62)49-46-43-40-37-34-31-28-26-23-20-17-14-11-8-5-2)53-67-70(63,64)66-52-54(50-59)68-57(61)48-45-42-39-36-33-29-24-21-18-15-12-9-6-3/h7,9-10,12,16-21,25-29,33,39,42,54-55,59H,4-6,8,11,13-15,22-24,30-32,34-38,40-41,43-53H2,1-3H3,(H,63,64)/b10-7-,12-9-,19-16-,20-17-,21-18-,27-25-,28-26-,33-29-,42-39-. The van der Waals surface area contributed by atoms with Crippen molar-refractivity contribution in [2.45, 2.75) is 213 Å². The van der Waals surface area contributed by atoms with Crippen molar-refractivity contribution in [3.05, 3.63) is 109 Å². The van der Waals surface area contributed by atoms with Crippen molar-refractivity contribution >= 4 is 25.7 Å². The summed E-state index contributed by atoms with van der Waals surface area (Å²) in [6, 6.07) is 0. The highest BCUT2D eigenvalue weighted by atomic mass is 31.2. The lowest BCUT2D eigenvalue weighted by Crippen LogP contribution is -2.30. The average molecular weight is 999 g/mol. The van der Waals surface area contributed by atoms with Gasteiger partial charge in [-0.3, -0.25) is 23.4 Å². The van der Waals surface area contributed by atoms with Crippen LogP contribution in [0.5, 0.6) is 0 Å². The molecule has 2 N–H and O–H groups in total. The fraction of sp³-hybridized carbons (Fsp3) is 0.638. The van der Waals surface area contributed by atoms with Crippen LogP contribution in [0.1, 0.15) is 201 Å². The zero-order valence-electron chi connectivity index (χ0n) is 43.7. The van der Waals surface area contributed by atoms with Crippen LogP contribution < -0.4 is 0 Å². The molecule has 70 heavy (non-hydrogen) atoms. The maximum Gasteiger partial charge on any atom is 0.472 e. The van der Waals surface area contributed by atoms with Crippen molar-refractivity contribution in [3.63, 3.8) is 0 Å². The van der Waals surface area contributed by atoms with Gasteiger partial charge in [0.1, 0.15) is 12.7 Å². The predicted octanol–water partition coefficient (Wildman–Crippen LogP) is 15.5. The zero-order valence-corrected chi connectivity index (χ0v) is 44.6. The van der Waals surface area contributed by atoms with Crippen LogP contribution in [0.25, 0.3) is 0 Å². The van der Waals surface area contributed by atoms with Crippen LogP contribution in [0, 0.1) is 0 Å². The Morgan fingerprint density at radius 2 is 0.771 bits per heavy atom. The number of carbonyl (C=O) groups excluding carboxylic acids is 3. The van der Waals surface area contributed by atoms with Gasteiger partial charge < -0.3 is 24.2 Å². The minimum atomic E-state index is -4.77. The number of allylic oxidation sites excluding steroid dienone is 18. The molecule has 0 radical (unpaired) electrons. The highest BCUT2D eigenvalue weighted by Crippen LogP contribution is 2.43. The number of hydrogen-bond acceptors (Lipinski definition) is 10. The van der Waals surface area contributed by atoms with E-state index in [-0.39, 0.29) is 25.9 Å². The minimum Gasteiger partial charge on any atom is -0.462 e. The molecule has 0 aromatic carbocycles. The smallest absolute Gasteiger partial charge is 0.462 e. The number of aliphatic hydroxyl groups excluding tert-OH is 1. The first-order valence-corrected chi connectivity index (χ1v) is 28.3. The molecule has 0 aromatic heterocycles. The fourth-order valence-corrected chi connectivity index (χ4v) is 7.43. The molecule has 0 rings (SSSR count). The van der Waals surface area contributed by atoms with Crippen molar-refractivity contribution in [1.29, 1.82) is 0 Å². The van der Waals surface area contributed by atoms with Gasteiger partial charge in [-0.2, -0.15) is 0 Å². The van der Waals surface area contributed by atoms with E-state index in [1.807, 2.05) is 18.2 Å².